The van der Waals surface area contributed by atoms with Gasteiger partial charge < -0.3 is 14.2 Å². The van der Waals surface area contributed by atoms with E-state index in [-0.39, 0.29) is 40.4 Å². The number of hydrogen-bond donors (Lipinski definition) is 1. The second-order valence-electron chi connectivity index (χ2n) is 7.07. The predicted octanol–water partition coefficient (Wildman–Crippen LogP) is 3.32. The Kier molecular flexibility index (Phi) is 8.38. The second kappa shape index (κ2) is 10.4. The Morgan fingerprint density at radius 1 is 0.875 bits per heavy atom. The fourth-order valence-corrected chi connectivity index (χ4v) is 5.55. The molecule has 2 rings (SSSR count). The van der Waals surface area contributed by atoms with Crippen LogP contribution in [0.4, 0.5) is 5.69 Å². The van der Waals surface area contributed by atoms with Gasteiger partial charge in [-0.3, -0.25) is 4.72 Å². The third kappa shape index (κ3) is 5.84. The lowest BCUT2D eigenvalue weighted by Crippen LogP contribution is -2.30. The van der Waals surface area contributed by atoms with Gasteiger partial charge in [0.25, 0.3) is 10.0 Å². The second-order valence-corrected chi connectivity index (χ2v) is 10.7. The van der Waals surface area contributed by atoms with Crippen molar-refractivity contribution in [1.29, 1.82) is 0 Å². The van der Waals surface area contributed by atoms with Crippen LogP contribution < -0.4 is 18.9 Å². The Morgan fingerprint density at radius 3 is 1.91 bits per heavy atom. The summed E-state index contributed by atoms with van der Waals surface area (Å²) in [6.07, 6.45) is -0.264. The third-order valence-electron chi connectivity index (χ3n) is 4.54. The molecule has 0 aliphatic carbocycles. The van der Waals surface area contributed by atoms with Crippen molar-refractivity contribution in [2.75, 3.05) is 32.0 Å². The number of sulfonamides is 2. The molecule has 0 spiro atoms. The number of ether oxygens (including phenoxy) is 3. The average molecular weight is 487 g/mol. The molecule has 0 aliphatic heterocycles. The van der Waals surface area contributed by atoms with Crippen molar-refractivity contribution in [3.63, 3.8) is 0 Å². The summed E-state index contributed by atoms with van der Waals surface area (Å²) >= 11 is 0. The van der Waals surface area contributed by atoms with Crippen LogP contribution in [-0.4, -0.2) is 54.6 Å². The minimum atomic E-state index is -4.13. The van der Waals surface area contributed by atoms with Crippen molar-refractivity contribution in [3.8, 4) is 17.2 Å². The molecule has 0 aromatic heterocycles. The van der Waals surface area contributed by atoms with Crippen LogP contribution in [0.2, 0.25) is 0 Å². The highest BCUT2D eigenvalue weighted by Gasteiger charge is 2.25. The number of nitrogens with one attached hydrogen (secondary N) is 1. The van der Waals surface area contributed by atoms with Crippen LogP contribution in [0, 0.1) is 0 Å². The fraction of sp³-hybridized carbons (Fsp3) is 0.429. The summed E-state index contributed by atoms with van der Waals surface area (Å²) in [5, 5.41) is 0. The first-order valence-electron chi connectivity index (χ1n) is 10.0. The zero-order valence-corrected chi connectivity index (χ0v) is 20.7. The van der Waals surface area contributed by atoms with Crippen molar-refractivity contribution in [1.82, 2.24) is 4.31 Å². The van der Waals surface area contributed by atoms with E-state index in [1.807, 2.05) is 0 Å². The molecule has 32 heavy (non-hydrogen) atoms. The highest BCUT2D eigenvalue weighted by molar-refractivity contribution is 7.92. The van der Waals surface area contributed by atoms with Crippen molar-refractivity contribution in [3.05, 3.63) is 36.4 Å². The molecule has 178 valence electrons. The molecule has 0 unspecified atom stereocenters. The molecule has 0 aliphatic rings. The molecule has 0 saturated carbocycles. The van der Waals surface area contributed by atoms with Gasteiger partial charge in [0, 0.05) is 31.3 Å². The number of nitrogens with zero attached hydrogens (tertiary/aromatic N) is 1. The van der Waals surface area contributed by atoms with Crippen LogP contribution in [0.3, 0.4) is 0 Å². The van der Waals surface area contributed by atoms with Crippen molar-refractivity contribution in [2.24, 2.45) is 0 Å². The van der Waals surface area contributed by atoms with E-state index >= 15 is 0 Å². The molecule has 0 atom stereocenters. The number of anilines is 1. The van der Waals surface area contributed by atoms with Crippen LogP contribution in [0.5, 0.6) is 17.2 Å². The Balaban J connectivity index is 2.59. The van der Waals surface area contributed by atoms with Crippen molar-refractivity contribution >= 4 is 25.7 Å². The number of methoxy groups -OCH3 is 2. The molecular formula is C21H30N2O7S2. The fourth-order valence-electron chi connectivity index (χ4n) is 2.96. The normalized spacial score (nSPS) is 12.1. The highest BCUT2D eigenvalue weighted by atomic mass is 32.2. The molecule has 2 aromatic carbocycles. The van der Waals surface area contributed by atoms with E-state index in [0.29, 0.717) is 11.5 Å². The van der Waals surface area contributed by atoms with Gasteiger partial charge in [-0.05, 0) is 32.0 Å². The van der Waals surface area contributed by atoms with Crippen molar-refractivity contribution < 1.29 is 31.0 Å². The van der Waals surface area contributed by atoms with Gasteiger partial charge in [0.15, 0.2) is 0 Å². The van der Waals surface area contributed by atoms with Crippen LogP contribution >= 0.6 is 0 Å². The maximum Gasteiger partial charge on any atom is 0.262 e. The van der Waals surface area contributed by atoms with E-state index in [4.69, 9.17) is 14.2 Å². The van der Waals surface area contributed by atoms with Crippen LogP contribution in [-0.2, 0) is 20.0 Å². The van der Waals surface area contributed by atoms with E-state index in [2.05, 4.69) is 4.72 Å². The molecule has 0 saturated heterocycles. The summed E-state index contributed by atoms with van der Waals surface area (Å²) in [5.74, 6) is 0.791. The van der Waals surface area contributed by atoms with E-state index in [1.165, 1.54) is 48.9 Å². The molecule has 2 aromatic rings. The Bertz CT molecular complexity index is 1120. The van der Waals surface area contributed by atoms with E-state index in [9.17, 15) is 16.8 Å². The first-order chi connectivity index (χ1) is 15.0. The highest BCUT2D eigenvalue weighted by Crippen LogP contribution is 2.33. The molecule has 0 bridgehead atoms. The quantitative estimate of drug-likeness (QED) is 0.519. The topological polar surface area (TPSA) is 111 Å². The molecule has 0 radical (unpaired) electrons. The first-order valence-corrected chi connectivity index (χ1v) is 13.0. The molecule has 0 heterocycles. The standard InChI is InChI=1S/C21H30N2O7S2/c1-7-23(8-2)32(26,27)18-9-10-21(30-15(3)4)20(14-18)22-31(24,25)19-12-16(28-5)11-17(13-19)29-6/h9-15,22H,7-8H2,1-6H3. The first kappa shape index (κ1) is 25.8. The predicted molar refractivity (Wildman–Crippen MR) is 123 cm³/mol. The van der Waals surface area contributed by atoms with Gasteiger partial charge in [0.05, 0.1) is 35.8 Å². The number of hydrogen-bond acceptors (Lipinski definition) is 7. The lowest BCUT2D eigenvalue weighted by Gasteiger charge is -2.21. The SMILES string of the molecule is CCN(CC)S(=O)(=O)c1ccc(OC(C)C)c(NS(=O)(=O)c2cc(OC)cc(OC)c2)c1. The molecule has 1 N–H and O–H groups in total. The molecule has 11 heteroatoms. The lowest BCUT2D eigenvalue weighted by molar-refractivity contribution is 0.243. The molecule has 0 amide bonds. The van der Waals surface area contributed by atoms with Crippen LogP contribution in [0.15, 0.2) is 46.2 Å². The average Bonchev–Trinajstić information content (AvgIpc) is 2.74. The van der Waals surface area contributed by atoms with E-state index in [0.717, 1.165) is 0 Å². The Hall–Kier alpha value is -2.50. The monoisotopic (exact) mass is 486 g/mol. The zero-order valence-electron chi connectivity index (χ0n) is 19.1. The number of rotatable bonds is 11. The van der Waals surface area contributed by atoms with Gasteiger partial charge in [-0.2, -0.15) is 4.31 Å². The molecule has 0 fully saturated rings. The Morgan fingerprint density at radius 2 is 1.44 bits per heavy atom. The summed E-state index contributed by atoms with van der Waals surface area (Å²) in [7, 11) is -5.11. The summed E-state index contributed by atoms with van der Waals surface area (Å²) < 4.78 is 72.0. The van der Waals surface area contributed by atoms with Crippen LogP contribution in [0.1, 0.15) is 27.7 Å². The lowest BCUT2D eigenvalue weighted by atomic mass is 10.3. The summed E-state index contributed by atoms with van der Waals surface area (Å²) in [5.41, 5.74) is 0.00807. The number of benzene rings is 2. The van der Waals surface area contributed by atoms with Gasteiger partial charge >= 0.3 is 0 Å². The minimum absolute atomic E-state index is 0.00807. The van der Waals surface area contributed by atoms with Gasteiger partial charge in [0.1, 0.15) is 17.2 Å². The van der Waals surface area contributed by atoms with E-state index in [1.54, 1.807) is 33.8 Å². The third-order valence-corrected chi connectivity index (χ3v) is 7.93. The summed E-state index contributed by atoms with van der Waals surface area (Å²) in [4.78, 5) is -0.153. The minimum Gasteiger partial charge on any atom is -0.497 e. The maximum absolute atomic E-state index is 13.1. The Labute approximate surface area is 190 Å². The smallest absolute Gasteiger partial charge is 0.262 e. The van der Waals surface area contributed by atoms with Crippen LogP contribution in [0.25, 0.3) is 0 Å². The van der Waals surface area contributed by atoms with Gasteiger partial charge in [-0.15, -0.1) is 0 Å². The largest absolute Gasteiger partial charge is 0.497 e. The van der Waals surface area contributed by atoms with Gasteiger partial charge in [-0.1, -0.05) is 13.8 Å². The van der Waals surface area contributed by atoms with Gasteiger partial charge in [0.2, 0.25) is 10.0 Å². The maximum atomic E-state index is 13.1. The molecule has 9 nitrogen and oxygen atoms in total. The van der Waals surface area contributed by atoms with Gasteiger partial charge in [-0.25, -0.2) is 16.8 Å². The summed E-state index contributed by atoms with van der Waals surface area (Å²) in [6.45, 7) is 7.60. The zero-order chi connectivity index (χ0) is 24.1. The van der Waals surface area contributed by atoms with E-state index < -0.39 is 20.0 Å². The molecular weight excluding hydrogens is 456 g/mol. The summed E-state index contributed by atoms with van der Waals surface area (Å²) in [6, 6.07) is 8.33. The van der Waals surface area contributed by atoms with Crippen molar-refractivity contribution in [2.45, 2.75) is 43.6 Å².